The van der Waals surface area contributed by atoms with Crippen molar-refractivity contribution in [1.82, 2.24) is 5.32 Å². The van der Waals surface area contributed by atoms with Crippen LogP contribution in [0.5, 0.6) is 0 Å². The second kappa shape index (κ2) is 3.85. The van der Waals surface area contributed by atoms with Gasteiger partial charge in [-0.1, -0.05) is 18.6 Å². The third kappa shape index (κ3) is 1.56. The van der Waals surface area contributed by atoms with Gasteiger partial charge in [0.15, 0.2) is 0 Å². The zero-order valence-electron chi connectivity index (χ0n) is 9.62. The van der Waals surface area contributed by atoms with Crippen molar-refractivity contribution >= 4 is 0 Å². The van der Waals surface area contributed by atoms with Gasteiger partial charge in [-0.15, -0.1) is 0 Å². The molecule has 86 valence electrons. The summed E-state index contributed by atoms with van der Waals surface area (Å²) in [6.45, 7) is 0. The standard InChI is InChI=1S/C14H18FN/c1-16-14(9-5-7-10(15)8-6-9)13-11-3-2-4-12(11)13/h5-8,11-14,16H,2-4H2,1H3. The molecule has 1 aromatic rings. The van der Waals surface area contributed by atoms with E-state index in [4.69, 9.17) is 0 Å². The van der Waals surface area contributed by atoms with E-state index in [1.54, 1.807) is 12.1 Å². The highest BCUT2D eigenvalue weighted by molar-refractivity contribution is 5.24. The number of fused-ring (bicyclic) bond motifs is 1. The van der Waals surface area contributed by atoms with Gasteiger partial charge in [-0.25, -0.2) is 4.39 Å². The van der Waals surface area contributed by atoms with Crippen molar-refractivity contribution in [2.75, 3.05) is 7.05 Å². The maximum atomic E-state index is 12.9. The molecule has 2 aliphatic carbocycles. The van der Waals surface area contributed by atoms with Crippen LogP contribution in [0.2, 0.25) is 0 Å². The lowest BCUT2D eigenvalue weighted by Crippen LogP contribution is -2.20. The summed E-state index contributed by atoms with van der Waals surface area (Å²) in [6.07, 6.45) is 4.20. The molecule has 1 aromatic carbocycles. The summed E-state index contributed by atoms with van der Waals surface area (Å²) in [7, 11) is 2.02. The summed E-state index contributed by atoms with van der Waals surface area (Å²) in [6, 6.07) is 7.40. The van der Waals surface area contributed by atoms with Crippen LogP contribution in [0.25, 0.3) is 0 Å². The largest absolute Gasteiger partial charge is 0.313 e. The van der Waals surface area contributed by atoms with Crippen LogP contribution in [0.4, 0.5) is 4.39 Å². The topological polar surface area (TPSA) is 12.0 Å². The minimum absolute atomic E-state index is 0.144. The third-order valence-electron chi connectivity index (χ3n) is 4.40. The van der Waals surface area contributed by atoms with Gasteiger partial charge < -0.3 is 5.32 Å². The Kier molecular flexibility index (Phi) is 2.47. The summed E-state index contributed by atoms with van der Waals surface area (Å²) in [4.78, 5) is 0. The van der Waals surface area contributed by atoms with E-state index >= 15 is 0 Å². The van der Waals surface area contributed by atoms with Crippen molar-refractivity contribution < 1.29 is 4.39 Å². The Morgan fingerprint density at radius 3 is 2.38 bits per heavy atom. The molecule has 0 heterocycles. The number of benzene rings is 1. The number of rotatable bonds is 3. The van der Waals surface area contributed by atoms with Gasteiger partial charge in [0.1, 0.15) is 5.82 Å². The summed E-state index contributed by atoms with van der Waals surface area (Å²) < 4.78 is 12.9. The monoisotopic (exact) mass is 219 g/mol. The Balaban J connectivity index is 1.78. The molecule has 2 aliphatic rings. The molecule has 0 spiro atoms. The van der Waals surface area contributed by atoms with Gasteiger partial charge in [0.05, 0.1) is 0 Å². The lowest BCUT2D eigenvalue weighted by molar-refractivity contribution is 0.444. The van der Waals surface area contributed by atoms with E-state index in [1.807, 2.05) is 19.2 Å². The van der Waals surface area contributed by atoms with Crippen molar-refractivity contribution in [2.45, 2.75) is 25.3 Å². The summed E-state index contributed by atoms with van der Waals surface area (Å²) in [5, 5.41) is 3.41. The Morgan fingerprint density at radius 1 is 1.19 bits per heavy atom. The lowest BCUT2D eigenvalue weighted by atomic mass is 9.97. The molecular weight excluding hydrogens is 201 g/mol. The fourth-order valence-corrected chi connectivity index (χ4v) is 3.62. The summed E-state index contributed by atoms with van der Waals surface area (Å²) in [5.41, 5.74) is 1.24. The molecule has 16 heavy (non-hydrogen) atoms. The van der Waals surface area contributed by atoms with E-state index in [9.17, 15) is 4.39 Å². The Morgan fingerprint density at radius 2 is 1.81 bits per heavy atom. The van der Waals surface area contributed by atoms with Gasteiger partial charge in [-0.05, 0) is 55.3 Å². The minimum Gasteiger partial charge on any atom is -0.313 e. The molecule has 3 atom stereocenters. The van der Waals surface area contributed by atoms with Gasteiger partial charge in [0, 0.05) is 6.04 Å². The summed E-state index contributed by atoms with van der Waals surface area (Å²) >= 11 is 0. The van der Waals surface area contributed by atoms with Crippen LogP contribution in [-0.4, -0.2) is 7.05 Å². The molecule has 2 heteroatoms. The number of halogens is 1. The zero-order chi connectivity index (χ0) is 11.1. The predicted octanol–water partition coefficient (Wildman–Crippen LogP) is 3.13. The molecule has 1 nitrogen and oxygen atoms in total. The fourth-order valence-electron chi connectivity index (χ4n) is 3.62. The van der Waals surface area contributed by atoms with Crippen LogP contribution in [0.1, 0.15) is 30.9 Å². The maximum Gasteiger partial charge on any atom is 0.123 e. The molecule has 0 radical (unpaired) electrons. The van der Waals surface area contributed by atoms with Gasteiger partial charge in [0.2, 0.25) is 0 Å². The van der Waals surface area contributed by atoms with Gasteiger partial charge in [-0.2, -0.15) is 0 Å². The van der Waals surface area contributed by atoms with Crippen LogP contribution in [-0.2, 0) is 0 Å². The van der Waals surface area contributed by atoms with Crippen LogP contribution >= 0.6 is 0 Å². The van der Waals surface area contributed by atoms with Gasteiger partial charge in [0.25, 0.3) is 0 Å². The highest BCUT2D eigenvalue weighted by atomic mass is 19.1. The molecule has 0 amide bonds. The number of nitrogens with one attached hydrogen (secondary N) is 1. The number of hydrogen-bond acceptors (Lipinski definition) is 1. The highest BCUT2D eigenvalue weighted by Gasteiger charge is 2.55. The van der Waals surface area contributed by atoms with Crippen LogP contribution in [0.15, 0.2) is 24.3 Å². The Labute approximate surface area is 96.1 Å². The minimum atomic E-state index is -0.144. The fraction of sp³-hybridized carbons (Fsp3) is 0.571. The second-order valence-electron chi connectivity index (χ2n) is 5.15. The molecule has 0 aromatic heterocycles. The highest BCUT2D eigenvalue weighted by Crippen LogP contribution is 2.62. The van der Waals surface area contributed by atoms with Crippen molar-refractivity contribution in [3.63, 3.8) is 0 Å². The van der Waals surface area contributed by atoms with Gasteiger partial charge in [-0.3, -0.25) is 0 Å². The quantitative estimate of drug-likeness (QED) is 0.823. The Bertz CT molecular complexity index is 363. The molecule has 2 saturated carbocycles. The van der Waals surface area contributed by atoms with E-state index < -0.39 is 0 Å². The van der Waals surface area contributed by atoms with E-state index in [0.717, 1.165) is 17.8 Å². The maximum absolute atomic E-state index is 12.9. The average molecular weight is 219 g/mol. The van der Waals surface area contributed by atoms with E-state index in [1.165, 1.54) is 24.8 Å². The smallest absolute Gasteiger partial charge is 0.123 e. The molecular formula is C14H18FN. The first-order valence-electron chi connectivity index (χ1n) is 6.24. The molecule has 2 fully saturated rings. The second-order valence-corrected chi connectivity index (χ2v) is 5.15. The normalized spacial score (nSPS) is 33.5. The molecule has 3 rings (SSSR count). The molecule has 0 bridgehead atoms. The van der Waals surface area contributed by atoms with Crippen molar-refractivity contribution in [3.05, 3.63) is 35.6 Å². The van der Waals surface area contributed by atoms with Crippen molar-refractivity contribution in [3.8, 4) is 0 Å². The summed E-state index contributed by atoms with van der Waals surface area (Å²) in [5.74, 6) is 2.52. The SMILES string of the molecule is CNC(c1ccc(F)cc1)C1C2CCCC21. The zero-order valence-corrected chi connectivity index (χ0v) is 9.62. The average Bonchev–Trinajstić information content (AvgIpc) is 2.76. The van der Waals surface area contributed by atoms with Crippen LogP contribution < -0.4 is 5.32 Å². The predicted molar refractivity (Wildman–Crippen MR) is 62.5 cm³/mol. The van der Waals surface area contributed by atoms with E-state index in [-0.39, 0.29) is 5.82 Å². The molecule has 0 saturated heterocycles. The first-order valence-corrected chi connectivity index (χ1v) is 6.24. The van der Waals surface area contributed by atoms with Crippen LogP contribution in [0.3, 0.4) is 0 Å². The molecule has 3 unspecified atom stereocenters. The lowest BCUT2D eigenvalue weighted by Gasteiger charge is -2.18. The Hall–Kier alpha value is -0.890. The van der Waals surface area contributed by atoms with E-state index in [2.05, 4.69) is 5.32 Å². The first kappa shape index (κ1) is 10.3. The first-order chi connectivity index (χ1) is 7.81. The number of hydrogen-bond donors (Lipinski definition) is 1. The van der Waals surface area contributed by atoms with Crippen molar-refractivity contribution in [1.29, 1.82) is 0 Å². The van der Waals surface area contributed by atoms with Crippen molar-refractivity contribution in [2.24, 2.45) is 17.8 Å². The molecule has 0 aliphatic heterocycles. The third-order valence-corrected chi connectivity index (χ3v) is 4.40. The molecule has 1 N–H and O–H groups in total. The van der Waals surface area contributed by atoms with Gasteiger partial charge >= 0.3 is 0 Å². The van der Waals surface area contributed by atoms with Crippen LogP contribution in [0, 0.1) is 23.6 Å². The van der Waals surface area contributed by atoms with E-state index in [0.29, 0.717) is 6.04 Å².